The van der Waals surface area contributed by atoms with Crippen molar-refractivity contribution in [1.82, 2.24) is 0 Å². The van der Waals surface area contributed by atoms with E-state index in [-0.39, 0.29) is 11.3 Å². The SMILES string of the molecule is O=C(O)c1ccc(N=Nc2ccc(-c3ccc(O)cc3)cc2)cc1. The smallest absolute Gasteiger partial charge is 0.335 e. The molecule has 0 unspecified atom stereocenters. The van der Waals surface area contributed by atoms with Crippen LogP contribution in [-0.4, -0.2) is 16.2 Å². The van der Waals surface area contributed by atoms with Gasteiger partial charge in [0.25, 0.3) is 0 Å². The molecular weight excluding hydrogens is 304 g/mol. The minimum atomic E-state index is -0.969. The van der Waals surface area contributed by atoms with E-state index in [9.17, 15) is 9.90 Å². The van der Waals surface area contributed by atoms with Crippen LogP contribution >= 0.6 is 0 Å². The molecule has 5 nitrogen and oxygen atoms in total. The summed E-state index contributed by atoms with van der Waals surface area (Å²) in [7, 11) is 0. The molecule has 118 valence electrons. The van der Waals surface area contributed by atoms with Crippen molar-refractivity contribution < 1.29 is 15.0 Å². The predicted molar refractivity (Wildman–Crippen MR) is 91.1 cm³/mol. The molecule has 3 aromatic carbocycles. The quantitative estimate of drug-likeness (QED) is 0.651. The molecule has 0 saturated heterocycles. The molecule has 0 aliphatic carbocycles. The first-order valence-electron chi connectivity index (χ1n) is 7.26. The molecule has 0 bridgehead atoms. The number of phenolic OH excluding ortho intramolecular Hbond substituents is 1. The molecule has 24 heavy (non-hydrogen) atoms. The number of hydrogen-bond donors (Lipinski definition) is 2. The Balaban J connectivity index is 1.73. The van der Waals surface area contributed by atoms with Crippen LogP contribution in [0.2, 0.25) is 0 Å². The summed E-state index contributed by atoms with van der Waals surface area (Å²) >= 11 is 0. The summed E-state index contributed by atoms with van der Waals surface area (Å²) in [5.41, 5.74) is 3.51. The minimum Gasteiger partial charge on any atom is -0.508 e. The van der Waals surface area contributed by atoms with E-state index >= 15 is 0 Å². The van der Waals surface area contributed by atoms with E-state index in [0.717, 1.165) is 11.1 Å². The van der Waals surface area contributed by atoms with Crippen LogP contribution in [0.15, 0.2) is 83.0 Å². The molecule has 2 N–H and O–H groups in total. The number of hydrogen-bond acceptors (Lipinski definition) is 4. The first kappa shape index (κ1) is 15.4. The molecule has 0 radical (unpaired) electrons. The van der Waals surface area contributed by atoms with Crippen molar-refractivity contribution in [3.05, 3.63) is 78.4 Å². The third kappa shape index (κ3) is 3.64. The molecule has 0 spiro atoms. The van der Waals surface area contributed by atoms with E-state index in [4.69, 9.17) is 5.11 Å². The molecular formula is C19H14N2O3. The van der Waals surface area contributed by atoms with Crippen molar-refractivity contribution in [2.24, 2.45) is 10.2 Å². The highest BCUT2D eigenvalue weighted by Crippen LogP contribution is 2.25. The van der Waals surface area contributed by atoms with E-state index in [1.54, 1.807) is 24.3 Å². The molecule has 0 aliphatic heterocycles. The van der Waals surface area contributed by atoms with E-state index in [1.807, 2.05) is 36.4 Å². The van der Waals surface area contributed by atoms with E-state index < -0.39 is 5.97 Å². The largest absolute Gasteiger partial charge is 0.508 e. The monoisotopic (exact) mass is 318 g/mol. The number of carboxylic acids is 1. The Bertz CT molecular complexity index is 868. The summed E-state index contributed by atoms with van der Waals surface area (Å²) in [5, 5.41) is 26.4. The van der Waals surface area contributed by atoms with Gasteiger partial charge in [-0.05, 0) is 59.7 Å². The number of carbonyl (C=O) groups is 1. The molecule has 5 heteroatoms. The number of benzene rings is 3. The lowest BCUT2D eigenvalue weighted by Crippen LogP contribution is -1.93. The Labute approximate surface area is 138 Å². The van der Waals surface area contributed by atoms with Crippen molar-refractivity contribution in [3.63, 3.8) is 0 Å². The fourth-order valence-corrected chi connectivity index (χ4v) is 2.16. The summed E-state index contributed by atoms with van der Waals surface area (Å²) in [6.07, 6.45) is 0. The number of carboxylic acid groups (broad SMARTS) is 1. The number of phenols is 1. The van der Waals surface area contributed by atoms with Crippen LogP contribution in [0.5, 0.6) is 5.75 Å². The molecule has 0 heterocycles. The number of azo groups is 1. The highest BCUT2D eigenvalue weighted by atomic mass is 16.4. The molecule has 3 aromatic rings. The van der Waals surface area contributed by atoms with Crippen molar-refractivity contribution in [2.75, 3.05) is 0 Å². The van der Waals surface area contributed by atoms with Gasteiger partial charge in [-0.1, -0.05) is 24.3 Å². The van der Waals surface area contributed by atoms with Gasteiger partial charge in [0.1, 0.15) is 5.75 Å². The molecule has 0 atom stereocenters. The number of aromatic carboxylic acids is 1. The fraction of sp³-hybridized carbons (Fsp3) is 0. The highest BCUT2D eigenvalue weighted by Gasteiger charge is 2.01. The summed E-state index contributed by atoms with van der Waals surface area (Å²) in [5.74, 6) is -0.735. The van der Waals surface area contributed by atoms with Gasteiger partial charge in [0, 0.05) is 0 Å². The summed E-state index contributed by atoms with van der Waals surface area (Å²) in [6, 6.07) is 20.7. The van der Waals surface area contributed by atoms with Gasteiger partial charge < -0.3 is 10.2 Å². The lowest BCUT2D eigenvalue weighted by molar-refractivity contribution is 0.0697. The Kier molecular flexibility index (Phi) is 4.34. The van der Waals surface area contributed by atoms with Gasteiger partial charge >= 0.3 is 5.97 Å². The average Bonchev–Trinajstić information content (AvgIpc) is 2.61. The molecule has 0 amide bonds. The summed E-state index contributed by atoms with van der Waals surface area (Å²) in [4.78, 5) is 10.8. The lowest BCUT2D eigenvalue weighted by atomic mass is 10.1. The maximum Gasteiger partial charge on any atom is 0.335 e. The Morgan fingerprint density at radius 3 is 1.54 bits per heavy atom. The van der Waals surface area contributed by atoms with Gasteiger partial charge in [0.2, 0.25) is 0 Å². The normalized spacial score (nSPS) is 10.8. The van der Waals surface area contributed by atoms with Gasteiger partial charge in [-0.3, -0.25) is 0 Å². The second-order valence-electron chi connectivity index (χ2n) is 5.15. The number of aromatic hydroxyl groups is 1. The zero-order valence-corrected chi connectivity index (χ0v) is 12.6. The van der Waals surface area contributed by atoms with E-state index in [2.05, 4.69) is 10.2 Å². The van der Waals surface area contributed by atoms with Crippen LogP contribution in [0.3, 0.4) is 0 Å². The predicted octanol–water partition coefficient (Wildman–Crippen LogP) is 5.17. The van der Waals surface area contributed by atoms with Crippen molar-refractivity contribution in [3.8, 4) is 16.9 Å². The van der Waals surface area contributed by atoms with Crippen molar-refractivity contribution >= 4 is 17.3 Å². The van der Waals surface area contributed by atoms with Crippen LogP contribution in [0, 0.1) is 0 Å². The van der Waals surface area contributed by atoms with Gasteiger partial charge in [-0.2, -0.15) is 10.2 Å². The zero-order chi connectivity index (χ0) is 16.9. The van der Waals surface area contributed by atoms with Crippen LogP contribution in [0.1, 0.15) is 10.4 Å². The maximum absolute atomic E-state index is 10.8. The Morgan fingerprint density at radius 1 is 0.667 bits per heavy atom. The lowest BCUT2D eigenvalue weighted by Gasteiger charge is -2.02. The molecule has 0 saturated carbocycles. The molecule has 0 aliphatic rings. The maximum atomic E-state index is 10.8. The fourth-order valence-electron chi connectivity index (χ4n) is 2.16. The second-order valence-corrected chi connectivity index (χ2v) is 5.15. The summed E-state index contributed by atoms with van der Waals surface area (Å²) in [6.45, 7) is 0. The summed E-state index contributed by atoms with van der Waals surface area (Å²) < 4.78 is 0. The molecule has 0 aromatic heterocycles. The average molecular weight is 318 g/mol. The number of rotatable bonds is 4. The van der Waals surface area contributed by atoms with Gasteiger partial charge in [0.05, 0.1) is 16.9 Å². The third-order valence-electron chi connectivity index (χ3n) is 3.46. The van der Waals surface area contributed by atoms with Gasteiger partial charge in [-0.15, -0.1) is 0 Å². The zero-order valence-electron chi connectivity index (χ0n) is 12.6. The van der Waals surface area contributed by atoms with E-state index in [0.29, 0.717) is 11.4 Å². The first-order chi connectivity index (χ1) is 11.6. The number of nitrogens with zero attached hydrogens (tertiary/aromatic N) is 2. The molecule has 0 fully saturated rings. The minimum absolute atomic E-state index is 0.215. The van der Waals surface area contributed by atoms with Crippen LogP contribution in [0.25, 0.3) is 11.1 Å². The molecule has 3 rings (SSSR count). The van der Waals surface area contributed by atoms with Crippen LogP contribution in [0.4, 0.5) is 11.4 Å². The van der Waals surface area contributed by atoms with Crippen molar-refractivity contribution in [2.45, 2.75) is 0 Å². The highest BCUT2D eigenvalue weighted by molar-refractivity contribution is 5.87. The van der Waals surface area contributed by atoms with Gasteiger partial charge in [-0.25, -0.2) is 4.79 Å². The Hall–Kier alpha value is -3.47. The van der Waals surface area contributed by atoms with E-state index in [1.165, 1.54) is 12.1 Å². The third-order valence-corrected chi connectivity index (χ3v) is 3.46. The van der Waals surface area contributed by atoms with Crippen molar-refractivity contribution in [1.29, 1.82) is 0 Å². The first-order valence-corrected chi connectivity index (χ1v) is 7.26. The topological polar surface area (TPSA) is 82.2 Å². The van der Waals surface area contributed by atoms with Crippen LogP contribution in [-0.2, 0) is 0 Å². The standard InChI is InChI=1S/C19H14N2O3/c22-18-11-5-14(6-12-18)13-1-7-16(8-2-13)20-21-17-9-3-15(4-10-17)19(23)24/h1-12,22H,(H,23,24). The van der Waals surface area contributed by atoms with Gasteiger partial charge in [0.15, 0.2) is 0 Å². The Morgan fingerprint density at radius 2 is 1.08 bits per heavy atom. The second kappa shape index (κ2) is 6.75. The van der Waals surface area contributed by atoms with Crippen LogP contribution < -0.4 is 0 Å².